The van der Waals surface area contributed by atoms with Crippen LogP contribution in [0.4, 0.5) is 4.79 Å². The molecular formula is C12H20N2O4. The van der Waals surface area contributed by atoms with Gasteiger partial charge >= 0.3 is 12.0 Å². The van der Waals surface area contributed by atoms with Crippen LogP contribution in [0.5, 0.6) is 0 Å². The summed E-state index contributed by atoms with van der Waals surface area (Å²) in [5, 5.41) is 18.9. The van der Waals surface area contributed by atoms with Crippen molar-refractivity contribution in [2.75, 3.05) is 19.6 Å². The number of urea groups is 1. The third-order valence-corrected chi connectivity index (χ3v) is 3.89. The van der Waals surface area contributed by atoms with Crippen molar-refractivity contribution in [3.05, 3.63) is 0 Å². The van der Waals surface area contributed by atoms with E-state index in [1.54, 1.807) is 11.8 Å². The van der Waals surface area contributed by atoms with Crippen LogP contribution in [0.2, 0.25) is 0 Å². The molecule has 2 amide bonds. The van der Waals surface area contributed by atoms with Gasteiger partial charge in [0, 0.05) is 19.6 Å². The Hall–Kier alpha value is -1.30. The van der Waals surface area contributed by atoms with Crippen molar-refractivity contribution in [2.24, 2.45) is 0 Å². The van der Waals surface area contributed by atoms with E-state index in [1.165, 1.54) is 4.90 Å². The minimum Gasteiger partial charge on any atom is -0.480 e. The molecule has 6 heteroatoms. The fourth-order valence-corrected chi connectivity index (χ4v) is 2.61. The number of amides is 2. The van der Waals surface area contributed by atoms with E-state index < -0.39 is 17.6 Å². The largest absolute Gasteiger partial charge is 0.480 e. The van der Waals surface area contributed by atoms with Crippen LogP contribution in [-0.2, 0) is 4.79 Å². The molecular weight excluding hydrogens is 236 g/mol. The highest BCUT2D eigenvalue weighted by Crippen LogP contribution is 2.25. The van der Waals surface area contributed by atoms with E-state index in [0.717, 1.165) is 6.42 Å². The lowest BCUT2D eigenvalue weighted by atomic mass is 9.94. The maximum atomic E-state index is 12.2. The normalized spacial score (nSPS) is 27.3. The second-order valence-electron chi connectivity index (χ2n) is 5.46. The summed E-state index contributed by atoms with van der Waals surface area (Å²) in [6.45, 7) is 3.27. The first kappa shape index (κ1) is 13.1. The maximum absolute atomic E-state index is 12.2. The lowest BCUT2D eigenvalue weighted by Gasteiger charge is -2.38. The van der Waals surface area contributed by atoms with Crippen molar-refractivity contribution < 1.29 is 19.8 Å². The van der Waals surface area contributed by atoms with Gasteiger partial charge in [-0.1, -0.05) is 0 Å². The van der Waals surface area contributed by atoms with Crippen LogP contribution >= 0.6 is 0 Å². The third kappa shape index (κ3) is 2.58. The van der Waals surface area contributed by atoms with Crippen molar-refractivity contribution in [3.8, 4) is 0 Å². The van der Waals surface area contributed by atoms with Gasteiger partial charge in [0.05, 0.1) is 5.60 Å². The highest BCUT2D eigenvalue weighted by Gasteiger charge is 2.38. The van der Waals surface area contributed by atoms with Crippen molar-refractivity contribution in [1.29, 1.82) is 0 Å². The number of hydrogen-bond donors (Lipinski definition) is 2. The summed E-state index contributed by atoms with van der Waals surface area (Å²) in [7, 11) is 0. The number of carbonyl (C=O) groups excluding carboxylic acids is 1. The van der Waals surface area contributed by atoms with Crippen LogP contribution in [0.15, 0.2) is 0 Å². The van der Waals surface area contributed by atoms with Gasteiger partial charge in [-0.2, -0.15) is 0 Å². The summed E-state index contributed by atoms with van der Waals surface area (Å²) in [6.07, 6.45) is 2.37. The maximum Gasteiger partial charge on any atom is 0.326 e. The zero-order valence-electron chi connectivity index (χ0n) is 10.6. The van der Waals surface area contributed by atoms with E-state index in [0.29, 0.717) is 38.9 Å². The molecule has 0 aromatic rings. The summed E-state index contributed by atoms with van der Waals surface area (Å²) in [5.41, 5.74) is -0.700. The number of piperidine rings is 1. The Balaban J connectivity index is 1.97. The average molecular weight is 256 g/mol. The molecule has 2 saturated heterocycles. The molecule has 0 bridgehead atoms. The average Bonchev–Trinajstić information content (AvgIpc) is 2.77. The molecule has 2 fully saturated rings. The molecule has 2 aliphatic rings. The minimum absolute atomic E-state index is 0.199. The standard InChI is InChI=1S/C12H20N2O4/c1-12(18)4-7-13(8-5-12)11(17)14-6-2-3-9(14)10(15)16/h9,18H,2-8H2,1H3,(H,15,16)/t9-/m0/s1. The quantitative estimate of drug-likeness (QED) is 0.716. The second-order valence-corrected chi connectivity index (χ2v) is 5.46. The van der Waals surface area contributed by atoms with Crippen molar-refractivity contribution in [3.63, 3.8) is 0 Å². The van der Waals surface area contributed by atoms with Gasteiger partial charge in [-0.3, -0.25) is 0 Å². The lowest BCUT2D eigenvalue weighted by Crippen LogP contribution is -2.52. The third-order valence-electron chi connectivity index (χ3n) is 3.89. The number of carboxylic acids is 1. The van der Waals surface area contributed by atoms with Gasteiger partial charge in [-0.25, -0.2) is 9.59 Å². The van der Waals surface area contributed by atoms with Gasteiger partial charge in [0.1, 0.15) is 6.04 Å². The van der Waals surface area contributed by atoms with Crippen LogP contribution in [0.25, 0.3) is 0 Å². The molecule has 2 heterocycles. The smallest absolute Gasteiger partial charge is 0.326 e. The summed E-state index contributed by atoms with van der Waals surface area (Å²) >= 11 is 0. The number of likely N-dealkylation sites (tertiary alicyclic amines) is 2. The monoisotopic (exact) mass is 256 g/mol. The molecule has 6 nitrogen and oxygen atoms in total. The molecule has 0 unspecified atom stereocenters. The zero-order valence-corrected chi connectivity index (χ0v) is 10.6. The summed E-state index contributed by atoms with van der Waals surface area (Å²) in [4.78, 5) is 26.4. The number of hydrogen-bond acceptors (Lipinski definition) is 3. The zero-order chi connectivity index (χ0) is 13.3. The van der Waals surface area contributed by atoms with Gasteiger partial charge in [0.15, 0.2) is 0 Å². The molecule has 18 heavy (non-hydrogen) atoms. The van der Waals surface area contributed by atoms with E-state index in [9.17, 15) is 14.7 Å². The summed E-state index contributed by atoms with van der Waals surface area (Å²) < 4.78 is 0. The topological polar surface area (TPSA) is 81.1 Å². The van der Waals surface area contributed by atoms with E-state index >= 15 is 0 Å². The highest BCUT2D eigenvalue weighted by atomic mass is 16.4. The first-order valence-electron chi connectivity index (χ1n) is 6.41. The molecule has 2 rings (SSSR count). The number of rotatable bonds is 1. The Morgan fingerprint density at radius 3 is 2.39 bits per heavy atom. The van der Waals surface area contributed by atoms with Crippen LogP contribution in [-0.4, -0.2) is 63.3 Å². The highest BCUT2D eigenvalue weighted by molar-refractivity contribution is 5.83. The van der Waals surface area contributed by atoms with Crippen molar-refractivity contribution in [1.82, 2.24) is 9.80 Å². The number of carboxylic acid groups (broad SMARTS) is 1. The molecule has 2 aliphatic heterocycles. The molecule has 2 N–H and O–H groups in total. The Kier molecular flexibility index (Phi) is 3.47. The predicted molar refractivity (Wildman–Crippen MR) is 64.2 cm³/mol. The van der Waals surface area contributed by atoms with Gasteiger partial charge in [-0.15, -0.1) is 0 Å². The van der Waals surface area contributed by atoms with E-state index in [-0.39, 0.29) is 6.03 Å². The lowest BCUT2D eigenvalue weighted by molar-refractivity contribution is -0.141. The molecule has 0 spiro atoms. The summed E-state index contributed by atoms with van der Waals surface area (Å²) in [5.74, 6) is -0.926. The molecule has 0 aromatic heterocycles. The SMILES string of the molecule is CC1(O)CCN(C(=O)N2CCC[C@H]2C(=O)O)CC1. The van der Waals surface area contributed by atoms with Crippen molar-refractivity contribution >= 4 is 12.0 Å². The number of aliphatic carboxylic acids is 1. The van der Waals surface area contributed by atoms with E-state index in [2.05, 4.69) is 0 Å². The molecule has 1 atom stereocenters. The van der Waals surface area contributed by atoms with Crippen LogP contribution in [0.3, 0.4) is 0 Å². The van der Waals surface area contributed by atoms with Crippen LogP contribution < -0.4 is 0 Å². The van der Waals surface area contributed by atoms with Gasteiger partial charge in [0.25, 0.3) is 0 Å². The molecule has 0 aromatic carbocycles. The fraction of sp³-hybridized carbons (Fsp3) is 0.833. The Morgan fingerprint density at radius 2 is 1.83 bits per heavy atom. The Labute approximate surface area is 106 Å². The van der Waals surface area contributed by atoms with Gasteiger partial charge < -0.3 is 20.0 Å². The fourth-order valence-electron chi connectivity index (χ4n) is 2.61. The van der Waals surface area contributed by atoms with Crippen LogP contribution in [0.1, 0.15) is 32.6 Å². The second kappa shape index (κ2) is 4.76. The van der Waals surface area contributed by atoms with Gasteiger partial charge in [0.2, 0.25) is 0 Å². The molecule has 102 valence electrons. The molecule has 0 saturated carbocycles. The van der Waals surface area contributed by atoms with E-state index in [1.807, 2.05) is 0 Å². The van der Waals surface area contributed by atoms with Crippen molar-refractivity contribution in [2.45, 2.75) is 44.2 Å². The Bertz CT molecular complexity index is 346. The van der Waals surface area contributed by atoms with Gasteiger partial charge in [-0.05, 0) is 32.6 Å². The number of aliphatic hydroxyl groups is 1. The minimum atomic E-state index is -0.926. The first-order chi connectivity index (χ1) is 8.41. The Morgan fingerprint density at radius 1 is 1.22 bits per heavy atom. The molecule has 0 aliphatic carbocycles. The first-order valence-corrected chi connectivity index (χ1v) is 6.41. The van der Waals surface area contributed by atoms with Crippen LogP contribution in [0, 0.1) is 0 Å². The number of nitrogens with zero attached hydrogens (tertiary/aromatic N) is 2. The summed E-state index contributed by atoms with van der Waals surface area (Å²) in [6, 6.07) is -0.879. The molecule has 0 radical (unpaired) electrons. The van der Waals surface area contributed by atoms with E-state index in [4.69, 9.17) is 5.11 Å². The predicted octanol–water partition coefficient (Wildman–Crippen LogP) is 0.502. The number of carbonyl (C=O) groups is 2.